The fraction of sp³-hybridized carbons (Fsp3) is 0.565. The van der Waals surface area contributed by atoms with E-state index in [4.69, 9.17) is 16.7 Å². The average molecular weight is 419 g/mol. The number of nitrogens with zero attached hydrogens (tertiary/aromatic N) is 1. The average Bonchev–Trinajstić information content (AvgIpc) is 2.64. The van der Waals surface area contributed by atoms with Crippen molar-refractivity contribution in [2.75, 3.05) is 6.54 Å². The van der Waals surface area contributed by atoms with Gasteiger partial charge in [0.1, 0.15) is 0 Å². The first-order valence-corrected chi connectivity index (χ1v) is 10.8. The summed E-state index contributed by atoms with van der Waals surface area (Å²) in [7, 11) is 0. The van der Waals surface area contributed by atoms with Crippen LogP contribution in [0.2, 0.25) is 5.02 Å². The van der Waals surface area contributed by atoms with Gasteiger partial charge >= 0.3 is 12.0 Å². The topological polar surface area (TPSA) is 69.6 Å². The van der Waals surface area contributed by atoms with Crippen LogP contribution >= 0.6 is 11.6 Å². The van der Waals surface area contributed by atoms with Gasteiger partial charge in [0.05, 0.1) is 12.0 Å². The second kappa shape index (κ2) is 8.39. The molecule has 2 N–H and O–H groups in total. The summed E-state index contributed by atoms with van der Waals surface area (Å²) < 4.78 is 0. The molecule has 29 heavy (non-hydrogen) atoms. The Kier molecular flexibility index (Phi) is 6.27. The van der Waals surface area contributed by atoms with Crippen molar-refractivity contribution in [3.8, 4) is 0 Å². The lowest BCUT2D eigenvalue weighted by atomic mass is 9.72. The molecule has 5 nitrogen and oxygen atoms in total. The molecule has 1 atom stereocenters. The van der Waals surface area contributed by atoms with Crippen LogP contribution in [-0.4, -0.2) is 28.6 Å². The van der Waals surface area contributed by atoms with Crippen molar-refractivity contribution < 1.29 is 14.7 Å². The summed E-state index contributed by atoms with van der Waals surface area (Å²) in [6, 6.07) is 5.94. The smallest absolute Gasteiger partial charge is 0.322 e. The van der Waals surface area contributed by atoms with Crippen LogP contribution in [0.4, 0.5) is 4.79 Å². The predicted molar refractivity (Wildman–Crippen MR) is 115 cm³/mol. The van der Waals surface area contributed by atoms with E-state index in [-0.39, 0.29) is 24.4 Å². The van der Waals surface area contributed by atoms with Crippen molar-refractivity contribution >= 4 is 23.6 Å². The molecule has 1 aromatic carbocycles. The molecule has 0 aromatic heterocycles. The molecule has 1 fully saturated rings. The molecule has 6 heteroatoms. The van der Waals surface area contributed by atoms with Crippen molar-refractivity contribution in [2.45, 2.75) is 71.3 Å². The van der Waals surface area contributed by atoms with Crippen molar-refractivity contribution in [1.29, 1.82) is 0 Å². The fourth-order valence-corrected chi connectivity index (χ4v) is 4.48. The summed E-state index contributed by atoms with van der Waals surface area (Å²) in [5, 5.41) is 12.9. The van der Waals surface area contributed by atoms with Crippen molar-refractivity contribution in [3.63, 3.8) is 0 Å². The standard InChI is InChI=1S/C23H31ClN2O3/c1-22(2,3)12-9-16-7-8-17(14-19(16)24)23-11-5-4-6-18(23)15-26(21(29)25-23)13-10-20(27)28/h7-8,14-15H,4-6,9-13H2,1-3H3,(H,25,29)(H,27,28)/t23-/m0/s1. The zero-order valence-corrected chi connectivity index (χ0v) is 18.3. The van der Waals surface area contributed by atoms with Crippen LogP contribution in [0.15, 0.2) is 30.0 Å². The second-order valence-electron chi connectivity index (χ2n) is 9.40. The maximum absolute atomic E-state index is 12.7. The molecule has 1 heterocycles. The van der Waals surface area contributed by atoms with Crippen LogP contribution in [0, 0.1) is 5.41 Å². The molecule has 1 aromatic rings. The lowest BCUT2D eigenvalue weighted by Gasteiger charge is -2.45. The number of hydrogen-bond acceptors (Lipinski definition) is 2. The number of carbonyl (C=O) groups is 2. The highest BCUT2D eigenvalue weighted by molar-refractivity contribution is 6.31. The van der Waals surface area contributed by atoms with E-state index < -0.39 is 11.5 Å². The van der Waals surface area contributed by atoms with Gasteiger partial charge in [0.15, 0.2) is 0 Å². The number of rotatable bonds is 6. The summed E-state index contributed by atoms with van der Waals surface area (Å²) >= 11 is 6.65. The molecule has 1 aliphatic carbocycles. The number of urea groups is 1. The Bertz CT molecular complexity index is 828. The van der Waals surface area contributed by atoms with E-state index >= 15 is 0 Å². The molecule has 1 aliphatic heterocycles. The molecular formula is C23H31ClN2O3. The Morgan fingerprint density at radius 2 is 2.07 bits per heavy atom. The maximum atomic E-state index is 12.7. The molecule has 2 aliphatic rings. The lowest BCUT2D eigenvalue weighted by molar-refractivity contribution is -0.137. The summed E-state index contributed by atoms with van der Waals surface area (Å²) in [4.78, 5) is 25.1. The number of benzene rings is 1. The van der Waals surface area contributed by atoms with E-state index in [1.54, 1.807) is 0 Å². The minimum Gasteiger partial charge on any atom is -0.481 e. The third-order valence-corrected chi connectivity index (χ3v) is 6.30. The molecule has 0 saturated heterocycles. The van der Waals surface area contributed by atoms with E-state index in [1.807, 2.05) is 12.3 Å². The predicted octanol–water partition coefficient (Wildman–Crippen LogP) is 5.47. The number of hydrogen-bond donors (Lipinski definition) is 2. The van der Waals surface area contributed by atoms with E-state index in [1.165, 1.54) is 4.90 Å². The molecule has 0 bridgehead atoms. The Labute approximate surface area is 178 Å². The Hall–Kier alpha value is -2.01. The van der Waals surface area contributed by atoms with Crippen LogP contribution in [0.25, 0.3) is 0 Å². The fourth-order valence-electron chi connectivity index (χ4n) is 4.21. The van der Waals surface area contributed by atoms with Gasteiger partial charge in [-0.1, -0.05) is 50.9 Å². The summed E-state index contributed by atoms with van der Waals surface area (Å²) in [5.74, 6) is -0.908. The van der Waals surface area contributed by atoms with Crippen LogP contribution in [0.3, 0.4) is 0 Å². The number of aryl methyl sites for hydroxylation is 1. The monoisotopic (exact) mass is 418 g/mol. The first kappa shape index (κ1) is 21.7. The quantitative estimate of drug-likeness (QED) is 0.643. The Balaban J connectivity index is 1.89. The molecule has 0 unspecified atom stereocenters. The zero-order valence-electron chi connectivity index (χ0n) is 17.6. The number of halogens is 1. The van der Waals surface area contributed by atoms with Crippen molar-refractivity contribution in [1.82, 2.24) is 10.2 Å². The van der Waals surface area contributed by atoms with Gasteiger partial charge in [-0.25, -0.2) is 4.79 Å². The van der Waals surface area contributed by atoms with E-state index in [9.17, 15) is 9.59 Å². The number of nitrogens with one attached hydrogen (secondary N) is 1. The van der Waals surface area contributed by atoms with Gasteiger partial charge in [-0.3, -0.25) is 4.79 Å². The summed E-state index contributed by atoms with van der Waals surface area (Å²) in [6.45, 7) is 6.84. The summed E-state index contributed by atoms with van der Waals surface area (Å²) in [5.41, 5.74) is 2.98. The zero-order chi connectivity index (χ0) is 21.2. The van der Waals surface area contributed by atoms with Crippen molar-refractivity contribution in [3.05, 3.63) is 46.1 Å². The highest BCUT2D eigenvalue weighted by Crippen LogP contribution is 2.44. The number of fused-ring (bicyclic) bond motifs is 1. The molecule has 2 amide bonds. The third kappa shape index (κ3) is 4.95. The molecule has 158 valence electrons. The summed E-state index contributed by atoms with van der Waals surface area (Å²) in [6.07, 6.45) is 7.57. The minimum atomic E-state index is -0.908. The van der Waals surface area contributed by atoms with E-state index in [0.717, 1.165) is 60.2 Å². The third-order valence-electron chi connectivity index (χ3n) is 5.95. The van der Waals surface area contributed by atoms with Crippen LogP contribution in [0.1, 0.15) is 70.4 Å². The Morgan fingerprint density at radius 3 is 2.72 bits per heavy atom. The van der Waals surface area contributed by atoms with Gasteiger partial charge in [-0.15, -0.1) is 0 Å². The van der Waals surface area contributed by atoms with Gasteiger partial charge in [-0.2, -0.15) is 0 Å². The number of carboxylic acids is 1. The van der Waals surface area contributed by atoms with Gasteiger partial charge in [0.2, 0.25) is 0 Å². The van der Waals surface area contributed by atoms with Crippen LogP contribution < -0.4 is 5.32 Å². The van der Waals surface area contributed by atoms with Crippen LogP contribution in [-0.2, 0) is 16.8 Å². The van der Waals surface area contributed by atoms with Gasteiger partial charge in [0, 0.05) is 17.8 Å². The van der Waals surface area contributed by atoms with Gasteiger partial charge in [0.25, 0.3) is 0 Å². The molecule has 3 rings (SSSR count). The highest BCUT2D eigenvalue weighted by atomic mass is 35.5. The van der Waals surface area contributed by atoms with E-state index in [0.29, 0.717) is 0 Å². The van der Waals surface area contributed by atoms with Gasteiger partial charge in [-0.05, 0) is 60.3 Å². The lowest BCUT2D eigenvalue weighted by Crippen LogP contribution is -2.56. The molecule has 0 radical (unpaired) electrons. The normalized spacial score (nSPS) is 22.0. The first-order valence-electron chi connectivity index (χ1n) is 10.4. The molecular weight excluding hydrogens is 388 g/mol. The molecule has 0 spiro atoms. The first-order chi connectivity index (χ1) is 13.6. The Morgan fingerprint density at radius 1 is 1.31 bits per heavy atom. The highest BCUT2D eigenvalue weighted by Gasteiger charge is 2.43. The van der Waals surface area contributed by atoms with E-state index in [2.05, 4.69) is 38.2 Å². The molecule has 1 saturated carbocycles. The van der Waals surface area contributed by atoms with Gasteiger partial charge < -0.3 is 15.3 Å². The minimum absolute atomic E-state index is 0.0709. The SMILES string of the molecule is CC(C)(C)CCc1ccc([C@@]23CCCCC2=CN(CCC(=O)O)C(=O)N3)cc1Cl. The number of carboxylic acid groups (broad SMARTS) is 1. The largest absolute Gasteiger partial charge is 0.481 e. The number of aliphatic carboxylic acids is 1. The van der Waals surface area contributed by atoms with Crippen molar-refractivity contribution in [2.24, 2.45) is 5.41 Å². The van der Waals surface area contributed by atoms with Crippen LogP contribution in [0.5, 0.6) is 0 Å². The number of carbonyl (C=O) groups excluding carboxylic acids is 1. The maximum Gasteiger partial charge on any atom is 0.322 e. The second-order valence-corrected chi connectivity index (χ2v) is 9.81. The number of amides is 2.